The van der Waals surface area contributed by atoms with Crippen LogP contribution in [0.15, 0.2) is 140 Å². The fourth-order valence-electron chi connectivity index (χ4n) is 10.7. The SMILES string of the molecule is Cc1cc2c3c(c1)N(c1ccc(C(C)(C)C)cc1-c1ccc(-c4ccccc4)cc1)c1cc4c(cc1B3c1ccc(C(C)(C)C)cc1N2c1cccc(C(C)(C)C)c1)CC(C)(C)C4. The zero-order valence-electron chi connectivity index (χ0n) is 39.7. The summed E-state index contributed by atoms with van der Waals surface area (Å²) in [5.74, 6) is 0. The fourth-order valence-corrected chi connectivity index (χ4v) is 10.7. The minimum atomic E-state index is -0.0191. The Morgan fingerprint density at radius 1 is 0.444 bits per heavy atom. The van der Waals surface area contributed by atoms with Gasteiger partial charge in [0, 0.05) is 34.0 Å². The van der Waals surface area contributed by atoms with Crippen LogP contribution in [0.2, 0.25) is 0 Å². The van der Waals surface area contributed by atoms with E-state index in [4.69, 9.17) is 0 Å². The normalized spacial score (nSPS) is 15.2. The zero-order valence-corrected chi connectivity index (χ0v) is 39.7. The molecule has 63 heavy (non-hydrogen) atoms. The summed E-state index contributed by atoms with van der Waals surface area (Å²) >= 11 is 0. The molecule has 2 nitrogen and oxygen atoms in total. The second kappa shape index (κ2) is 14.4. The van der Waals surface area contributed by atoms with Gasteiger partial charge in [-0.2, -0.15) is 0 Å². The Bertz CT molecular complexity index is 2930. The van der Waals surface area contributed by atoms with E-state index in [1.165, 1.54) is 106 Å². The maximum Gasteiger partial charge on any atom is 0.252 e. The Hall–Kier alpha value is -5.80. The van der Waals surface area contributed by atoms with Crippen molar-refractivity contribution >= 4 is 57.2 Å². The summed E-state index contributed by atoms with van der Waals surface area (Å²) in [4.78, 5) is 5.27. The van der Waals surface area contributed by atoms with Gasteiger partial charge >= 0.3 is 0 Å². The van der Waals surface area contributed by atoms with Crippen molar-refractivity contribution in [3.8, 4) is 22.3 Å². The van der Waals surface area contributed by atoms with Gasteiger partial charge in [-0.15, -0.1) is 0 Å². The van der Waals surface area contributed by atoms with E-state index in [9.17, 15) is 0 Å². The third-order valence-corrected chi connectivity index (χ3v) is 14.1. The molecular formula is C60H63BN2. The van der Waals surface area contributed by atoms with Crippen LogP contribution in [0.25, 0.3) is 22.3 Å². The molecule has 0 bridgehead atoms. The Balaban J connectivity index is 1.28. The van der Waals surface area contributed by atoms with Crippen molar-refractivity contribution in [2.24, 2.45) is 5.41 Å². The van der Waals surface area contributed by atoms with Crippen LogP contribution in [0.1, 0.15) is 110 Å². The fraction of sp³-hybridized carbons (Fsp3) is 0.300. The van der Waals surface area contributed by atoms with Crippen LogP contribution in [0.4, 0.5) is 34.1 Å². The van der Waals surface area contributed by atoms with E-state index < -0.39 is 0 Å². The Morgan fingerprint density at radius 2 is 1.00 bits per heavy atom. The molecule has 0 N–H and O–H groups in total. The molecule has 0 saturated heterocycles. The maximum absolute atomic E-state index is 2.66. The number of benzene rings is 7. The minimum absolute atomic E-state index is 0.00536. The summed E-state index contributed by atoms with van der Waals surface area (Å²) in [6.45, 7) is 28.2. The molecule has 3 heteroatoms. The first-order valence-electron chi connectivity index (χ1n) is 23.2. The highest BCUT2D eigenvalue weighted by Crippen LogP contribution is 2.50. The molecule has 10 rings (SSSR count). The largest absolute Gasteiger partial charge is 0.311 e. The Labute approximate surface area is 378 Å². The number of hydrogen-bond donors (Lipinski definition) is 0. The third kappa shape index (κ3) is 7.13. The van der Waals surface area contributed by atoms with Gasteiger partial charge in [0.25, 0.3) is 6.71 Å². The number of rotatable bonds is 4. The molecule has 0 fully saturated rings. The van der Waals surface area contributed by atoms with E-state index in [2.05, 4.69) is 232 Å². The molecule has 0 saturated carbocycles. The van der Waals surface area contributed by atoms with Gasteiger partial charge in [0.15, 0.2) is 0 Å². The Morgan fingerprint density at radius 3 is 1.67 bits per heavy atom. The van der Waals surface area contributed by atoms with Crippen LogP contribution in [0.3, 0.4) is 0 Å². The molecule has 3 aliphatic rings. The predicted molar refractivity (Wildman–Crippen MR) is 273 cm³/mol. The first-order valence-corrected chi connectivity index (χ1v) is 23.2. The van der Waals surface area contributed by atoms with Gasteiger partial charge in [-0.1, -0.05) is 167 Å². The van der Waals surface area contributed by atoms with Crippen molar-refractivity contribution in [1.29, 1.82) is 0 Å². The molecular weight excluding hydrogens is 759 g/mol. The lowest BCUT2D eigenvalue weighted by Gasteiger charge is -2.45. The molecule has 0 aromatic heterocycles. The van der Waals surface area contributed by atoms with Gasteiger partial charge in [0.1, 0.15) is 0 Å². The first kappa shape index (κ1) is 41.2. The maximum atomic E-state index is 2.66. The van der Waals surface area contributed by atoms with Crippen molar-refractivity contribution < 1.29 is 0 Å². The lowest BCUT2D eigenvalue weighted by molar-refractivity contribution is 0.392. The summed E-state index contributed by atoms with van der Waals surface area (Å²) in [6.07, 6.45) is 2.18. The van der Waals surface area contributed by atoms with Crippen molar-refractivity contribution in [2.45, 2.75) is 112 Å². The second-order valence-electron chi connectivity index (χ2n) is 22.8. The van der Waals surface area contributed by atoms with Crippen LogP contribution in [-0.4, -0.2) is 6.71 Å². The van der Waals surface area contributed by atoms with Crippen LogP contribution in [0, 0.1) is 12.3 Å². The van der Waals surface area contributed by atoms with Gasteiger partial charge in [0.2, 0.25) is 0 Å². The molecule has 2 heterocycles. The van der Waals surface area contributed by atoms with E-state index in [-0.39, 0.29) is 28.4 Å². The van der Waals surface area contributed by atoms with E-state index in [0.29, 0.717) is 0 Å². The second-order valence-corrected chi connectivity index (χ2v) is 22.8. The molecule has 0 amide bonds. The van der Waals surface area contributed by atoms with E-state index in [1.54, 1.807) is 0 Å². The summed E-state index contributed by atoms with van der Waals surface area (Å²) in [7, 11) is 0. The molecule has 1 aliphatic carbocycles. The quantitative estimate of drug-likeness (QED) is 0.163. The number of hydrogen-bond acceptors (Lipinski definition) is 2. The highest BCUT2D eigenvalue weighted by molar-refractivity contribution is 7.00. The third-order valence-electron chi connectivity index (χ3n) is 14.1. The molecule has 0 spiro atoms. The number of aryl methyl sites for hydroxylation is 1. The number of anilines is 6. The molecule has 0 unspecified atom stereocenters. The summed E-state index contributed by atoms with van der Waals surface area (Å²) in [5, 5.41) is 0. The van der Waals surface area contributed by atoms with Gasteiger partial charge in [-0.25, -0.2) is 0 Å². The monoisotopic (exact) mass is 823 g/mol. The molecule has 0 radical (unpaired) electrons. The summed E-state index contributed by atoms with van der Waals surface area (Å²) < 4.78 is 0. The molecule has 7 aromatic carbocycles. The van der Waals surface area contributed by atoms with Gasteiger partial charge in [-0.05, 0) is 156 Å². The predicted octanol–water partition coefficient (Wildman–Crippen LogP) is 14.4. The van der Waals surface area contributed by atoms with Crippen molar-refractivity contribution in [3.63, 3.8) is 0 Å². The standard InChI is InChI=1S/C60H63BN2/c1-38-29-54-56-55(30-38)63(51-28-26-45(58(5,6)7)34-48(51)41-23-21-40(22-24-41)39-17-14-13-15-18-39)52-32-43-37-60(11,12)36-42(43)31-50(52)61(56)49-27-25-46(59(8,9)10)35-53(49)62(54)47-20-16-19-44(33-47)57(2,3)4/h13-35H,36-37H2,1-12H3. The van der Waals surface area contributed by atoms with Crippen LogP contribution in [-0.2, 0) is 29.1 Å². The van der Waals surface area contributed by atoms with Crippen LogP contribution >= 0.6 is 0 Å². The van der Waals surface area contributed by atoms with Gasteiger partial charge < -0.3 is 9.80 Å². The highest BCUT2D eigenvalue weighted by Gasteiger charge is 2.45. The van der Waals surface area contributed by atoms with E-state index in [0.717, 1.165) is 12.8 Å². The van der Waals surface area contributed by atoms with Gasteiger partial charge in [-0.3, -0.25) is 0 Å². The number of nitrogens with zero attached hydrogens (tertiary/aromatic N) is 2. The average Bonchev–Trinajstić information content (AvgIpc) is 3.54. The average molecular weight is 823 g/mol. The van der Waals surface area contributed by atoms with Crippen molar-refractivity contribution in [3.05, 3.63) is 173 Å². The lowest BCUT2D eigenvalue weighted by Crippen LogP contribution is -2.61. The summed E-state index contributed by atoms with van der Waals surface area (Å²) in [5.41, 5.74) is 25.1. The van der Waals surface area contributed by atoms with E-state index in [1.807, 2.05) is 0 Å². The van der Waals surface area contributed by atoms with Crippen molar-refractivity contribution in [2.75, 3.05) is 9.80 Å². The molecule has 7 aromatic rings. The lowest BCUT2D eigenvalue weighted by atomic mass is 9.33. The van der Waals surface area contributed by atoms with Crippen LogP contribution < -0.4 is 26.2 Å². The van der Waals surface area contributed by atoms with Crippen molar-refractivity contribution in [1.82, 2.24) is 0 Å². The zero-order chi connectivity index (χ0) is 44.4. The topological polar surface area (TPSA) is 6.48 Å². The molecule has 316 valence electrons. The van der Waals surface area contributed by atoms with Crippen LogP contribution in [0.5, 0.6) is 0 Å². The summed E-state index contributed by atoms with van der Waals surface area (Å²) in [6, 6.07) is 54.2. The minimum Gasteiger partial charge on any atom is -0.311 e. The molecule has 0 atom stereocenters. The Kier molecular flexibility index (Phi) is 9.40. The van der Waals surface area contributed by atoms with Gasteiger partial charge in [0.05, 0.1) is 5.69 Å². The smallest absolute Gasteiger partial charge is 0.252 e. The highest BCUT2D eigenvalue weighted by atomic mass is 15.2. The molecule has 2 aliphatic heterocycles. The first-order chi connectivity index (χ1) is 29.7. The number of fused-ring (bicyclic) bond motifs is 5. The van der Waals surface area contributed by atoms with E-state index >= 15 is 0 Å².